The number of aryl methyl sites for hydroxylation is 1. The molecule has 1 N–H and O–H groups in total. The van der Waals surface area contributed by atoms with Gasteiger partial charge in [-0.15, -0.1) is 0 Å². The monoisotopic (exact) mass is 241 g/mol. The Morgan fingerprint density at radius 2 is 2.12 bits per heavy atom. The van der Waals surface area contributed by atoms with Gasteiger partial charge in [0.25, 0.3) is 0 Å². The van der Waals surface area contributed by atoms with E-state index in [1.165, 1.54) is 0 Å². The molecule has 16 heavy (non-hydrogen) atoms. The van der Waals surface area contributed by atoms with Crippen LogP contribution in [0.2, 0.25) is 5.02 Å². The molecule has 1 rings (SSSR count). The summed E-state index contributed by atoms with van der Waals surface area (Å²) in [5.74, 6) is 0.775. The van der Waals surface area contributed by atoms with E-state index >= 15 is 0 Å². The maximum Gasteiger partial charge on any atom is 0.137 e. The summed E-state index contributed by atoms with van der Waals surface area (Å²) in [6.07, 6.45) is 0.988. The van der Waals surface area contributed by atoms with Crippen molar-refractivity contribution in [2.45, 2.75) is 33.2 Å². The topological polar surface area (TPSA) is 21.3 Å². The molecule has 2 nitrogen and oxygen atoms in total. The molecule has 0 aliphatic rings. The summed E-state index contributed by atoms with van der Waals surface area (Å²) < 4.78 is 5.60. The lowest BCUT2D eigenvalue weighted by molar-refractivity contribution is 0.306. The van der Waals surface area contributed by atoms with Crippen LogP contribution in [0.4, 0.5) is 0 Å². The highest BCUT2D eigenvalue weighted by Crippen LogP contribution is 2.25. The van der Waals surface area contributed by atoms with E-state index in [2.05, 4.69) is 19.2 Å². The number of ether oxygens (including phenoxy) is 1. The lowest BCUT2D eigenvalue weighted by atomic mass is 10.2. The first-order chi connectivity index (χ1) is 7.59. The van der Waals surface area contributed by atoms with E-state index in [9.17, 15) is 0 Å². The molecule has 90 valence electrons. The number of rotatable bonds is 6. The molecule has 0 atom stereocenters. The number of hydrogen-bond acceptors (Lipinski definition) is 2. The Kier molecular flexibility index (Phi) is 5.64. The van der Waals surface area contributed by atoms with Crippen LogP contribution < -0.4 is 10.1 Å². The van der Waals surface area contributed by atoms with Gasteiger partial charge in [0.1, 0.15) is 5.75 Å². The molecule has 0 fully saturated rings. The van der Waals surface area contributed by atoms with Crippen LogP contribution in [0.5, 0.6) is 5.75 Å². The van der Waals surface area contributed by atoms with Gasteiger partial charge in [-0.1, -0.05) is 31.5 Å². The van der Waals surface area contributed by atoms with Gasteiger partial charge in [-0.25, -0.2) is 0 Å². The van der Waals surface area contributed by atoms with Gasteiger partial charge in [0.05, 0.1) is 11.6 Å². The minimum Gasteiger partial charge on any atom is -0.492 e. The highest BCUT2D eigenvalue weighted by molar-refractivity contribution is 6.32. The predicted octanol–water partition coefficient (Wildman–Crippen LogP) is 3.42. The quantitative estimate of drug-likeness (QED) is 0.771. The zero-order chi connectivity index (χ0) is 12.0. The van der Waals surface area contributed by atoms with Crippen LogP contribution in [0, 0.1) is 6.92 Å². The molecular weight excluding hydrogens is 222 g/mol. The van der Waals surface area contributed by atoms with Crippen molar-refractivity contribution in [3.05, 3.63) is 28.8 Å². The minimum atomic E-state index is 0.531. The largest absolute Gasteiger partial charge is 0.492 e. The van der Waals surface area contributed by atoms with Gasteiger partial charge in [0.2, 0.25) is 0 Å². The molecule has 1 aromatic carbocycles. The number of hydrogen-bond donors (Lipinski definition) is 1. The van der Waals surface area contributed by atoms with Crippen molar-refractivity contribution in [3.8, 4) is 5.75 Å². The Morgan fingerprint density at radius 1 is 1.38 bits per heavy atom. The Balaban J connectivity index is 2.27. The molecule has 0 saturated carbocycles. The first-order valence-electron chi connectivity index (χ1n) is 5.72. The standard InChI is InChI=1S/C13H20ClNO/c1-10(2)15-7-4-8-16-13-6-5-11(3)9-12(13)14/h5-6,9-10,15H,4,7-8H2,1-3H3. The average molecular weight is 242 g/mol. The van der Waals surface area contributed by atoms with E-state index in [1.807, 2.05) is 25.1 Å². The lowest BCUT2D eigenvalue weighted by Crippen LogP contribution is -2.24. The summed E-state index contributed by atoms with van der Waals surface area (Å²) >= 11 is 6.05. The third kappa shape index (κ3) is 4.86. The highest BCUT2D eigenvalue weighted by atomic mass is 35.5. The number of nitrogens with one attached hydrogen (secondary N) is 1. The van der Waals surface area contributed by atoms with Gasteiger partial charge >= 0.3 is 0 Å². The van der Waals surface area contributed by atoms with Crippen LogP contribution in [-0.4, -0.2) is 19.2 Å². The van der Waals surface area contributed by atoms with Gasteiger partial charge in [0, 0.05) is 6.04 Å². The van der Waals surface area contributed by atoms with Gasteiger partial charge in [-0.3, -0.25) is 0 Å². The first kappa shape index (κ1) is 13.3. The van der Waals surface area contributed by atoms with Crippen molar-refractivity contribution in [1.29, 1.82) is 0 Å². The van der Waals surface area contributed by atoms with Gasteiger partial charge in [-0.05, 0) is 37.6 Å². The smallest absolute Gasteiger partial charge is 0.137 e. The molecule has 0 heterocycles. The molecule has 0 aliphatic heterocycles. The molecule has 0 aromatic heterocycles. The van der Waals surface area contributed by atoms with Crippen LogP contribution in [-0.2, 0) is 0 Å². The lowest BCUT2D eigenvalue weighted by Gasteiger charge is -2.10. The van der Waals surface area contributed by atoms with E-state index in [4.69, 9.17) is 16.3 Å². The van der Waals surface area contributed by atoms with E-state index in [0.717, 1.165) is 24.3 Å². The van der Waals surface area contributed by atoms with Crippen molar-refractivity contribution in [2.75, 3.05) is 13.2 Å². The van der Waals surface area contributed by atoms with Crippen LogP contribution >= 0.6 is 11.6 Å². The summed E-state index contributed by atoms with van der Waals surface area (Å²) in [5, 5.41) is 4.03. The molecule has 0 radical (unpaired) electrons. The zero-order valence-electron chi connectivity index (χ0n) is 10.2. The molecule has 0 unspecified atom stereocenters. The fraction of sp³-hybridized carbons (Fsp3) is 0.538. The van der Waals surface area contributed by atoms with Crippen LogP contribution in [0.1, 0.15) is 25.8 Å². The minimum absolute atomic E-state index is 0.531. The maximum absolute atomic E-state index is 6.05. The van der Waals surface area contributed by atoms with Crippen molar-refractivity contribution < 1.29 is 4.74 Å². The Labute approximate surface area is 103 Å². The second kappa shape index (κ2) is 6.77. The Hall–Kier alpha value is -0.730. The molecule has 0 amide bonds. The fourth-order valence-corrected chi connectivity index (χ4v) is 1.66. The van der Waals surface area contributed by atoms with Gasteiger partial charge in [0.15, 0.2) is 0 Å². The van der Waals surface area contributed by atoms with E-state index < -0.39 is 0 Å². The number of benzene rings is 1. The van der Waals surface area contributed by atoms with Gasteiger partial charge < -0.3 is 10.1 Å². The fourth-order valence-electron chi connectivity index (χ4n) is 1.37. The van der Waals surface area contributed by atoms with Crippen LogP contribution in [0.15, 0.2) is 18.2 Å². The maximum atomic E-state index is 6.05. The molecule has 3 heteroatoms. The second-order valence-electron chi connectivity index (χ2n) is 4.24. The van der Waals surface area contributed by atoms with Gasteiger partial charge in [-0.2, -0.15) is 0 Å². The molecule has 1 aromatic rings. The number of halogens is 1. The van der Waals surface area contributed by atoms with E-state index in [0.29, 0.717) is 17.7 Å². The average Bonchev–Trinajstić information content (AvgIpc) is 2.20. The summed E-state index contributed by atoms with van der Waals surface area (Å²) in [5.41, 5.74) is 1.15. The third-order valence-corrected chi connectivity index (χ3v) is 2.51. The van der Waals surface area contributed by atoms with Crippen molar-refractivity contribution in [1.82, 2.24) is 5.32 Å². The SMILES string of the molecule is Cc1ccc(OCCCNC(C)C)c(Cl)c1. The Morgan fingerprint density at radius 3 is 2.75 bits per heavy atom. The molecule has 0 aliphatic carbocycles. The van der Waals surface area contributed by atoms with E-state index in [1.54, 1.807) is 0 Å². The molecule has 0 saturated heterocycles. The van der Waals surface area contributed by atoms with Crippen molar-refractivity contribution >= 4 is 11.6 Å². The van der Waals surface area contributed by atoms with Crippen molar-refractivity contribution in [2.24, 2.45) is 0 Å². The molecular formula is C13H20ClNO. The first-order valence-corrected chi connectivity index (χ1v) is 6.09. The van der Waals surface area contributed by atoms with E-state index in [-0.39, 0.29) is 0 Å². The Bertz CT molecular complexity index is 326. The second-order valence-corrected chi connectivity index (χ2v) is 4.65. The molecule has 0 spiro atoms. The predicted molar refractivity (Wildman–Crippen MR) is 69.4 cm³/mol. The summed E-state index contributed by atoms with van der Waals surface area (Å²) in [6, 6.07) is 6.38. The zero-order valence-corrected chi connectivity index (χ0v) is 11.0. The third-order valence-electron chi connectivity index (χ3n) is 2.22. The highest BCUT2D eigenvalue weighted by Gasteiger charge is 2.01. The summed E-state index contributed by atoms with van der Waals surface area (Å²) in [4.78, 5) is 0. The van der Waals surface area contributed by atoms with Crippen molar-refractivity contribution in [3.63, 3.8) is 0 Å². The normalized spacial score (nSPS) is 10.8. The van der Waals surface area contributed by atoms with Crippen LogP contribution in [0.3, 0.4) is 0 Å². The summed E-state index contributed by atoms with van der Waals surface area (Å²) in [6.45, 7) is 7.96. The summed E-state index contributed by atoms with van der Waals surface area (Å²) in [7, 11) is 0. The molecule has 0 bridgehead atoms. The van der Waals surface area contributed by atoms with Crippen LogP contribution in [0.25, 0.3) is 0 Å².